The van der Waals surface area contributed by atoms with Crippen molar-refractivity contribution in [2.45, 2.75) is 31.5 Å². The van der Waals surface area contributed by atoms with Crippen molar-refractivity contribution in [2.24, 2.45) is 0 Å². The summed E-state index contributed by atoms with van der Waals surface area (Å²) in [7, 11) is 3.34. The smallest absolute Gasteiger partial charge is 0.253 e. The van der Waals surface area contributed by atoms with Crippen molar-refractivity contribution in [3.05, 3.63) is 95.2 Å². The van der Waals surface area contributed by atoms with Gasteiger partial charge in [-0.2, -0.15) is 0 Å². The highest BCUT2D eigenvalue weighted by atomic mass is 16.5. The standard InChI is InChI=1S/C28H31N3O3/c1-4-8-25(29-19-26(32)23-9-6-5-7-10-23)17-21-11-14-24(15-12-21)28(33)31(2)20-22-13-16-27(34-3)30-18-22/h1,5-7,9-16,18,25-26,29,32H,8,17,19-20H2,2-3H3. The average Bonchev–Trinajstić information content (AvgIpc) is 2.88. The zero-order valence-corrected chi connectivity index (χ0v) is 19.6. The molecule has 1 amide bonds. The van der Waals surface area contributed by atoms with Crippen LogP contribution >= 0.6 is 0 Å². The average molecular weight is 458 g/mol. The second-order valence-electron chi connectivity index (χ2n) is 8.21. The van der Waals surface area contributed by atoms with Crippen LogP contribution in [-0.4, -0.2) is 47.6 Å². The fourth-order valence-electron chi connectivity index (χ4n) is 3.69. The number of aliphatic hydroxyl groups is 1. The number of amides is 1. The van der Waals surface area contributed by atoms with Crippen molar-refractivity contribution in [1.82, 2.24) is 15.2 Å². The van der Waals surface area contributed by atoms with E-state index in [9.17, 15) is 9.90 Å². The maximum absolute atomic E-state index is 12.8. The number of methoxy groups -OCH3 is 1. The molecule has 0 aliphatic heterocycles. The SMILES string of the molecule is C#CCC(Cc1ccc(C(=O)N(C)Cc2ccc(OC)nc2)cc1)NCC(O)c1ccccc1. The number of pyridine rings is 1. The molecule has 3 aromatic rings. The minimum atomic E-state index is -0.599. The quantitative estimate of drug-likeness (QED) is 0.430. The molecule has 0 saturated heterocycles. The predicted molar refractivity (Wildman–Crippen MR) is 133 cm³/mol. The summed E-state index contributed by atoms with van der Waals surface area (Å²) in [5, 5.41) is 13.8. The Bertz CT molecular complexity index is 1080. The van der Waals surface area contributed by atoms with Crippen LogP contribution in [0.1, 0.15) is 39.6 Å². The third kappa shape index (κ3) is 7.17. The highest BCUT2D eigenvalue weighted by Crippen LogP contribution is 2.15. The Kier molecular flexibility index (Phi) is 9.21. The number of nitrogens with zero attached hydrogens (tertiary/aromatic N) is 2. The maximum Gasteiger partial charge on any atom is 0.253 e. The van der Waals surface area contributed by atoms with Gasteiger partial charge in [0.25, 0.3) is 5.91 Å². The number of rotatable bonds is 11. The third-order valence-corrected chi connectivity index (χ3v) is 5.60. The third-order valence-electron chi connectivity index (χ3n) is 5.60. The van der Waals surface area contributed by atoms with Crippen LogP contribution in [0.4, 0.5) is 0 Å². The largest absolute Gasteiger partial charge is 0.481 e. The number of nitrogens with one attached hydrogen (secondary N) is 1. The van der Waals surface area contributed by atoms with Gasteiger partial charge in [-0.05, 0) is 35.2 Å². The molecule has 2 N–H and O–H groups in total. The minimum Gasteiger partial charge on any atom is -0.481 e. The summed E-state index contributed by atoms with van der Waals surface area (Å²) in [5.74, 6) is 3.19. The lowest BCUT2D eigenvalue weighted by Gasteiger charge is -2.20. The molecule has 0 bridgehead atoms. The van der Waals surface area contributed by atoms with Gasteiger partial charge < -0.3 is 20.1 Å². The first-order valence-electron chi connectivity index (χ1n) is 11.2. The van der Waals surface area contributed by atoms with E-state index in [-0.39, 0.29) is 11.9 Å². The van der Waals surface area contributed by atoms with Crippen LogP contribution in [-0.2, 0) is 13.0 Å². The van der Waals surface area contributed by atoms with E-state index in [0.29, 0.717) is 37.4 Å². The van der Waals surface area contributed by atoms with Gasteiger partial charge in [0, 0.05) is 50.4 Å². The van der Waals surface area contributed by atoms with Gasteiger partial charge in [0.1, 0.15) is 0 Å². The van der Waals surface area contributed by atoms with E-state index in [0.717, 1.165) is 16.7 Å². The number of benzene rings is 2. The van der Waals surface area contributed by atoms with E-state index in [1.54, 1.807) is 31.3 Å². The zero-order valence-electron chi connectivity index (χ0n) is 19.6. The molecule has 0 saturated carbocycles. The molecule has 6 heteroatoms. The van der Waals surface area contributed by atoms with Crippen LogP contribution in [0, 0.1) is 12.3 Å². The number of hydrogen-bond acceptors (Lipinski definition) is 5. The van der Waals surface area contributed by atoms with Crippen molar-refractivity contribution in [3.8, 4) is 18.2 Å². The summed E-state index contributed by atoms with van der Waals surface area (Å²) in [6.45, 7) is 0.868. The first-order chi connectivity index (χ1) is 16.5. The lowest BCUT2D eigenvalue weighted by molar-refractivity contribution is 0.0785. The summed E-state index contributed by atoms with van der Waals surface area (Å²) in [4.78, 5) is 18.7. The lowest BCUT2D eigenvalue weighted by atomic mass is 10.0. The molecule has 6 nitrogen and oxygen atoms in total. The molecule has 3 rings (SSSR count). The molecule has 0 radical (unpaired) electrons. The lowest BCUT2D eigenvalue weighted by Crippen LogP contribution is -2.34. The molecule has 1 aromatic heterocycles. The highest BCUT2D eigenvalue weighted by Gasteiger charge is 2.15. The molecule has 0 spiro atoms. The molecule has 2 aromatic carbocycles. The second kappa shape index (κ2) is 12.5. The first-order valence-corrected chi connectivity index (χ1v) is 11.2. The van der Waals surface area contributed by atoms with Crippen molar-refractivity contribution in [2.75, 3.05) is 20.7 Å². The van der Waals surface area contributed by atoms with Crippen molar-refractivity contribution in [1.29, 1.82) is 0 Å². The molecule has 2 atom stereocenters. The van der Waals surface area contributed by atoms with Gasteiger partial charge in [0.05, 0.1) is 13.2 Å². The Labute approximate surface area is 201 Å². The van der Waals surface area contributed by atoms with Crippen LogP contribution in [0.2, 0.25) is 0 Å². The van der Waals surface area contributed by atoms with Crippen molar-refractivity contribution < 1.29 is 14.6 Å². The van der Waals surface area contributed by atoms with Gasteiger partial charge in [-0.3, -0.25) is 4.79 Å². The first kappa shape index (κ1) is 25.0. The van der Waals surface area contributed by atoms with E-state index < -0.39 is 6.10 Å². The van der Waals surface area contributed by atoms with E-state index in [2.05, 4.69) is 16.2 Å². The molecular formula is C28H31N3O3. The second-order valence-corrected chi connectivity index (χ2v) is 8.21. The Morgan fingerprint density at radius 1 is 1.12 bits per heavy atom. The Hall–Kier alpha value is -3.66. The van der Waals surface area contributed by atoms with Crippen LogP contribution in [0.3, 0.4) is 0 Å². The molecule has 0 fully saturated rings. The summed E-state index contributed by atoms with van der Waals surface area (Å²) < 4.78 is 5.07. The van der Waals surface area contributed by atoms with E-state index >= 15 is 0 Å². The number of carbonyl (C=O) groups is 1. The van der Waals surface area contributed by atoms with Gasteiger partial charge in [-0.1, -0.05) is 48.5 Å². The summed E-state index contributed by atoms with van der Waals surface area (Å²) in [6, 6.07) is 20.8. The number of ether oxygens (including phenoxy) is 1. The van der Waals surface area contributed by atoms with Crippen LogP contribution in [0.15, 0.2) is 72.9 Å². The minimum absolute atomic E-state index is 0.0233. The van der Waals surface area contributed by atoms with E-state index in [1.165, 1.54) is 0 Å². The number of aromatic nitrogens is 1. The van der Waals surface area contributed by atoms with Crippen LogP contribution < -0.4 is 10.1 Å². The summed E-state index contributed by atoms with van der Waals surface area (Å²) >= 11 is 0. The Balaban J connectivity index is 1.55. The maximum atomic E-state index is 12.8. The van der Waals surface area contributed by atoms with Crippen molar-refractivity contribution in [3.63, 3.8) is 0 Å². The Morgan fingerprint density at radius 3 is 2.44 bits per heavy atom. The number of terminal acetylenes is 1. The molecule has 176 valence electrons. The van der Waals surface area contributed by atoms with Crippen LogP contribution in [0.25, 0.3) is 0 Å². The van der Waals surface area contributed by atoms with Gasteiger partial charge in [-0.15, -0.1) is 12.3 Å². The van der Waals surface area contributed by atoms with Gasteiger partial charge in [0.15, 0.2) is 0 Å². The molecule has 0 aliphatic rings. The highest BCUT2D eigenvalue weighted by molar-refractivity contribution is 5.94. The van der Waals surface area contributed by atoms with Crippen molar-refractivity contribution >= 4 is 5.91 Å². The fraction of sp³-hybridized carbons (Fsp3) is 0.286. The van der Waals surface area contributed by atoms with E-state index in [4.69, 9.17) is 11.2 Å². The molecule has 2 unspecified atom stereocenters. The number of hydrogen-bond donors (Lipinski definition) is 2. The number of aliphatic hydroxyl groups excluding tert-OH is 1. The van der Waals surface area contributed by atoms with Crippen LogP contribution in [0.5, 0.6) is 5.88 Å². The summed E-state index contributed by atoms with van der Waals surface area (Å²) in [5.41, 5.74) is 3.48. The summed E-state index contributed by atoms with van der Waals surface area (Å²) in [6.07, 6.45) is 7.92. The van der Waals surface area contributed by atoms with Gasteiger partial charge >= 0.3 is 0 Å². The monoisotopic (exact) mass is 457 g/mol. The molecule has 0 aliphatic carbocycles. The normalized spacial score (nSPS) is 12.4. The zero-order chi connectivity index (χ0) is 24.3. The van der Waals surface area contributed by atoms with E-state index in [1.807, 2.05) is 60.7 Å². The molecule has 34 heavy (non-hydrogen) atoms. The number of carbonyl (C=O) groups excluding carboxylic acids is 1. The van der Waals surface area contributed by atoms with Gasteiger partial charge in [-0.25, -0.2) is 4.98 Å². The molecule has 1 heterocycles. The molecular weight excluding hydrogens is 426 g/mol. The predicted octanol–water partition coefficient (Wildman–Crippen LogP) is 3.62. The fourth-order valence-corrected chi connectivity index (χ4v) is 3.69. The van der Waals surface area contributed by atoms with Gasteiger partial charge in [0.2, 0.25) is 5.88 Å². The topological polar surface area (TPSA) is 74.7 Å². The Morgan fingerprint density at radius 2 is 1.82 bits per heavy atom.